The summed E-state index contributed by atoms with van der Waals surface area (Å²) in [4.78, 5) is 2.50. The molecular formula is C16H16Cl2OS. The molecule has 20 heavy (non-hydrogen) atoms. The zero-order chi connectivity index (χ0) is 14.1. The predicted octanol–water partition coefficient (Wildman–Crippen LogP) is 5.21. The van der Waals surface area contributed by atoms with Crippen molar-refractivity contribution < 1.29 is 5.11 Å². The van der Waals surface area contributed by atoms with Gasteiger partial charge < -0.3 is 5.11 Å². The maximum Gasteiger partial charge on any atom is 0.0922 e. The fraction of sp³-hybridized carbons (Fsp3) is 0.375. The second-order valence-electron chi connectivity index (χ2n) is 5.26. The van der Waals surface area contributed by atoms with Gasteiger partial charge in [-0.25, -0.2) is 0 Å². The fourth-order valence-electron chi connectivity index (χ4n) is 2.69. The molecule has 1 aliphatic rings. The van der Waals surface area contributed by atoms with Crippen LogP contribution in [0.1, 0.15) is 39.8 Å². The number of thiophene rings is 1. The van der Waals surface area contributed by atoms with Crippen LogP contribution in [0, 0.1) is 0 Å². The number of aryl methyl sites for hydroxylation is 2. The first-order valence-electron chi connectivity index (χ1n) is 6.87. The van der Waals surface area contributed by atoms with Crippen molar-refractivity contribution in [3.63, 3.8) is 0 Å². The maximum absolute atomic E-state index is 10.4. The number of benzene rings is 1. The van der Waals surface area contributed by atoms with Crippen molar-refractivity contribution in [2.24, 2.45) is 0 Å². The van der Waals surface area contributed by atoms with E-state index in [0.717, 1.165) is 23.3 Å². The Morgan fingerprint density at radius 2 is 1.95 bits per heavy atom. The summed E-state index contributed by atoms with van der Waals surface area (Å²) >= 11 is 13.9. The largest absolute Gasteiger partial charge is 0.387 e. The van der Waals surface area contributed by atoms with Gasteiger partial charge in [0.25, 0.3) is 0 Å². The van der Waals surface area contributed by atoms with Gasteiger partial charge in [-0.15, -0.1) is 11.3 Å². The van der Waals surface area contributed by atoms with Crippen LogP contribution in [-0.4, -0.2) is 5.11 Å². The van der Waals surface area contributed by atoms with Crippen LogP contribution in [-0.2, 0) is 19.3 Å². The molecule has 4 heteroatoms. The number of hydrogen-bond donors (Lipinski definition) is 1. The third-order valence-corrected chi connectivity index (χ3v) is 5.71. The molecule has 2 aromatic rings. The minimum absolute atomic E-state index is 0.499. The van der Waals surface area contributed by atoms with Crippen molar-refractivity contribution in [2.75, 3.05) is 0 Å². The Hall–Kier alpha value is -0.540. The third kappa shape index (κ3) is 3.04. The highest BCUT2D eigenvalue weighted by Gasteiger charge is 2.18. The topological polar surface area (TPSA) is 20.2 Å². The zero-order valence-electron chi connectivity index (χ0n) is 11.0. The summed E-state index contributed by atoms with van der Waals surface area (Å²) in [5, 5.41) is 11.8. The van der Waals surface area contributed by atoms with Crippen LogP contribution in [0.4, 0.5) is 0 Å². The molecule has 1 aromatic carbocycles. The number of hydrogen-bond acceptors (Lipinski definition) is 2. The molecule has 1 atom stereocenters. The van der Waals surface area contributed by atoms with E-state index in [0.29, 0.717) is 16.5 Å². The average molecular weight is 327 g/mol. The molecule has 1 aromatic heterocycles. The standard InChI is InChI=1S/C16H16Cl2OS/c17-12-5-6-13(18)11(7-12)8-14(19)16-9-10-3-1-2-4-15(10)20-16/h5-7,9,14,19H,1-4,8H2. The summed E-state index contributed by atoms with van der Waals surface area (Å²) in [6, 6.07) is 7.55. The summed E-state index contributed by atoms with van der Waals surface area (Å²) in [6.45, 7) is 0. The summed E-state index contributed by atoms with van der Waals surface area (Å²) in [7, 11) is 0. The first-order valence-corrected chi connectivity index (χ1v) is 8.44. The van der Waals surface area contributed by atoms with Crippen LogP contribution in [0.3, 0.4) is 0 Å². The Morgan fingerprint density at radius 3 is 2.75 bits per heavy atom. The molecule has 0 radical (unpaired) electrons. The molecule has 1 heterocycles. The Labute approximate surface area is 133 Å². The molecule has 1 unspecified atom stereocenters. The number of rotatable bonds is 3. The van der Waals surface area contributed by atoms with Crippen molar-refractivity contribution in [2.45, 2.75) is 38.2 Å². The van der Waals surface area contributed by atoms with Gasteiger partial charge in [-0.1, -0.05) is 23.2 Å². The second-order valence-corrected chi connectivity index (χ2v) is 7.27. The molecule has 0 saturated carbocycles. The van der Waals surface area contributed by atoms with Gasteiger partial charge >= 0.3 is 0 Å². The van der Waals surface area contributed by atoms with Gasteiger partial charge in [-0.05, 0) is 61.1 Å². The van der Waals surface area contributed by atoms with E-state index in [4.69, 9.17) is 23.2 Å². The molecule has 0 spiro atoms. The highest BCUT2D eigenvalue weighted by atomic mass is 35.5. The quantitative estimate of drug-likeness (QED) is 0.820. The summed E-state index contributed by atoms with van der Waals surface area (Å²) in [6.07, 6.45) is 4.85. The number of halogens is 2. The smallest absolute Gasteiger partial charge is 0.0922 e. The number of aliphatic hydroxyl groups is 1. The summed E-state index contributed by atoms with van der Waals surface area (Å²) < 4.78 is 0. The monoisotopic (exact) mass is 326 g/mol. The Kier molecular flexibility index (Phi) is 4.37. The second kappa shape index (κ2) is 6.07. The lowest BCUT2D eigenvalue weighted by molar-refractivity contribution is 0.182. The first-order chi connectivity index (χ1) is 9.63. The minimum atomic E-state index is -0.499. The van der Waals surface area contributed by atoms with E-state index < -0.39 is 6.10 Å². The average Bonchev–Trinajstić information content (AvgIpc) is 2.87. The molecular weight excluding hydrogens is 311 g/mol. The Bertz CT molecular complexity index is 597. The van der Waals surface area contributed by atoms with E-state index in [1.165, 1.54) is 23.3 Å². The lowest BCUT2D eigenvalue weighted by Gasteiger charge is -2.10. The maximum atomic E-state index is 10.4. The van der Waals surface area contributed by atoms with E-state index in [2.05, 4.69) is 6.07 Å². The van der Waals surface area contributed by atoms with E-state index >= 15 is 0 Å². The fourth-order valence-corrected chi connectivity index (χ4v) is 4.32. The lowest BCUT2D eigenvalue weighted by atomic mass is 9.98. The minimum Gasteiger partial charge on any atom is -0.387 e. The van der Waals surface area contributed by atoms with Crippen LogP contribution in [0.2, 0.25) is 10.0 Å². The summed E-state index contributed by atoms with van der Waals surface area (Å²) in [5.41, 5.74) is 2.32. The van der Waals surface area contributed by atoms with Crippen LogP contribution in [0.25, 0.3) is 0 Å². The van der Waals surface area contributed by atoms with Gasteiger partial charge in [-0.2, -0.15) is 0 Å². The van der Waals surface area contributed by atoms with Crippen molar-refractivity contribution in [3.05, 3.63) is 55.2 Å². The zero-order valence-corrected chi connectivity index (χ0v) is 13.4. The van der Waals surface area contributed by atoms with Gasteiger partial charge in [-0.3, -0.25) is 0 Å². The number of aliphatic hydroxyl groups excluding tert-OH is 1. The number of fused-ring (bicyclic) bond motifs is 1. The Balaban J connectivity index is 1.80. The van der Waals surface area contributed by atoms with Gasteiger partial charge in [0.2, 0.25) is 0 Å². The molecule has 1 aliphatic carbocycles. The van der Waals surface area contributed by atoms with Crippen LogP contribution in [0.5, 0.6) is 0 Å². The molecule has 0 bridgehead atoms. The summed E-state index contributed by atoms with van der Waals surface area (Å²) in [5.74, 6) is 0. The third-order valence-electron chi connectivity index (χ3n) is 3.77. The molecule has 0 amide bonds. The van der Waals surface area contributed by atoms with Crippen LogP contribution in [0.15, 0.2) is 24.3 Å². The lowest BCUT2D eigenvalue weighted by Crippen LogP contribution is -2.00. The van der Waals surface area contributed by atoms with Gasteiger partial charge in [0, 0.05) is 26.2 Å². The predicted molar refractivity (Wildman–Crippen MR) is 86.1 cm³/mol. The van der Waals surface area contributed by atoms with Gasteiger partial charge in [0.1, 0.15) is 0 Å². The highest BCUT2D eigenvalue weighted by Crippen LogP contribution is 2.35. The molecule has 0 aliphatic heterocycles. The van der Waals surface area contributed by atoms with Gasteiger partial charge in [0.05, 0.1) is 6.10 Å². The first kappa shape index (κ1) is 14.4. The molecule has 1 N–H and O–H groups in total. The van der Waals surface area contributed by atoms with E-state index in [1.54, 1.807) is 23.5 Å². The highest BCUT2D eigenvalue weighted by molar-refractivity contribution is 7.12. The van der Waals surface area contributed by atoms with E-state index in [-0.39, 0.29) is 0 Å². The van der Waals surface area contributed by atoms with Crippen molar-refractivity contribution in [3.8, 4) is 0 Å². The molecule has 1 nitrogen and oxygen atoms in total. The molecule has 3 rings (SSSR count). The van der Waals surface area contributed by atoms with Crippen molar-refractivity contribution in [1.29, 1.82) is 0 Å². The van der Waals surface area contributed by atoms with Crippen LogP contribution < -0.4 is 0 Å². The van der Waals surface area contributed by atoms with Crippen molar-refractivity contribution in [1.82, 2.24) is 0 Å². The Morgan fingerprint density at radius 1 is 1.15 bits per heavy atom. The molecule has 106 valence electrons. The van der Waals surface area contributed by atoms with E-state index in [1.807, 2.05) is 6.07 Å². The molecule has 0 saturated heterocycles. The van der Waals surface area contributed by atoms with Crippen LogP contribution >= 0.6 is 34.5 Å². The van der Waals surface area contributed by atoms with Gasteiger partial charge in [0.15, 0.2) is 0 Å². The van der Waals surface area contributed by atoms with Crippen molar-refractivity contribution >= 4 is 34.5 Å². The SMILES string of the molecule is OC(Cc1cc(Cl)ccc1Cl)c1cc2c(s1)CCCC2. The molecule has 0 fully saturated rings. The van der Waals surface area contributed by atoms with E-state index in [9.17, 15) is 5.11 Å². The normalized spacial score (nSPS) is 15.9.